The van der Waals surface area contributed by atoms with E-state index < -0.39 is 0 Å². The van der Waals surface area contributed by atoms with Crippen molar-refractivity contribution in [2.45, 2.75) is 16.6 Å². The normalized spacial score (nSPS) is 10.6. The third kappa shape index (κ3) is 2.78. The van der Waals surface area contributed by atoms with E-state index in [0.29, 0.717) is 17.9 Å². The average Bonchev–Trinajstić information content (AvgIpc) is 2.80. The van der Waals surface area contributed by atoms with Crippen LogP contribution in [0.1, 0.15) is 11.1 Å². The molecule has 1 aromatic carbocycles. The molecule has 0 radical (unpaired) electrons. The van der Waals surface area contributed by atoms with Gasteiger partial charge in [0.25, 0.3) is 0 Å². The summed E-state index contributed by atoms with van der Waals surface area (Å²) in [6.45, 7) is 0.362. The predicted molar refractivity (Wildman–Crippen MR) is 63.8 cm³/mol. The third-order valence-corrected chi connectivity index (χ3v) is 3.89. The highest BCUT2D eigenvalue weighted by molar-refractivity contribution is 8.00. The number of halogens is 1. The minimum Gasteiger partial charge on any atom is -0.326 e. The van der Waals surface area contributed by atoms with Crippen LogP contribution in [0.2, 0.25) is 0 Å². The van der Waals surface area contributed by atoms with E-state index in [1.165, 1.54) is 35.7 Å². The zero-order valence-electron chi connectivity index (χ0n) is 8.39. The van der Waals surface area contributed by atoms with Crippen LogP contribution in [0.25, 0.3) is 0 Å². The van der Waals surface area contributed by atoms with Gasteiger partial charge in [0.2, 0.25) is 0 Å². The first-order valence-electron chi connectivity index (χ1n) is 4.66. The highest BCUT2D eigenvalue weighted by atomic mass is 32.2. The van der Waals surface area contributed by atoms with Gasteiger partial charge in [0, 0.05) is 12.3 Å². The maximum absolute atomic E-state index is 13.6. The predicted octanol–water partition coefficient (Wildman–Crippen LogP) is 2.43. The molecular formula is C10H10FN3S2. The van der Waals surface area contributed by atoms with Gasteiger partial charge in [-0.1, -0.05) is 23.9 Å². The molecule has 2 rings (SSSR count). The molecule has 0 aliphatic heterocycles. The van der Waals surface area contributed by atoms with Crippen molar-refractivity contribution < 1.29 is 4.39 Å². The molecule has 2 N–H and O–H groups in total. The fourth-order valence-electron chi connectivity index (χ4n) is 1.20. The Hall–Kier alpha value is -0.980. The van der Waals surface area contributed by atoms with Crippen LogP contribution >= 0.6 is 23.3 Å². The molecule has 16 heavy (non-hydrogen) atoms. The van der Waals surface area contributed by atoms with E-state index in [1.807, 2.05) is 6.07 Å². The van der Waals surface area contributed by atoms with Crippen LogP contribution < -0.4 is 5.73 Å². The van der Waals surface area contributed by atoms with Crippen LogP contribution in [0.4, 0.5) is 4.39 Å². The lowest BCUT2D eigenvalue weighted by Crippen LogP contribution is -1.98. The summed E-state index contributed by atoms with van der Waals surface area (Å²) in [6.07, 6.45) is 1.50. The van der Waals surface area contributed by atoms with Gasteiger partial charge in [0.15, 0.2) is 4.34 Å². The molecule has 0 bridgehead atoms. The fraction of sp³-hybridized carbons (Fsp3) is 0.200. The molecule has 1 aromatic heterocycles. The van der Waals surface area contributed by atoms with Crippen molar-refractivity contribution >= 4 is 23.3 Å². The first-order valence-corrected chi connectivity index (χ1v) is 6.42. The van der Waals surface area contributed by atoms with E-state index in [1.54, 1.807) is 6.07 Å². The first kappa shape index (κ1) is 11.5. The Kier molecular flexibility index (Phi) is 3.87. The molecule has 0 atom stereocenters. The largest absolute Gasteiger partial charge is 0.326 e. The maximum atomic E-state index is 13.6. The molecule has 0 aliphatic carbocycles. The molecule has 3 nitrogen and oxygen atoms in total. The van der Waals surface area contributed by atoms with E-state index in [4.69, 9.17) is 5.73 Å². The van der Waals surface area contributed by atoms with E-state index in [0.717, 1.165) is 9.90 Å². The molecule has 0 saturated heterocycles. The second-order valence-electron chi connectivity index (χ2n) is 3.13. The van der Waals surface area contributed by atoms with Crippen molar-refractivity contribution in [3.05, 3.63) is 41.5 Å². The minimum absolute atomic E-state index is 0.208. The number of nitrogens with two attached hydrogens (primary N) is 1. The van der Waals surface area contributed by atoms with Gasteiger partial charge in [-0.3, -0.25) is 0 Å². The lowest BCUT2D eigenvalue weighted by atomic mass is 10.1. The number of nitrogens with zero attached hydrogens (tertiary/aromatic N) is 2. The Morgan fingerprint density at radius 1 is 1.44 bits per heavy atom. The molecule has 0 aliphatic rings. The molecular weight excluding hydrogens is 245 g/mol. The van der Waals surface area contributed by atoms with Gasteiger partial charge < -0.3 is 5.73 Å². The summed E-state index contributed by atoms with van der Waals surface area (Å²) in [5.41, 5.74) is 6.90. The van der Waals surface area contributed by atoms with E-state index >= 15 is 0 Å². The Morgan fingerprint density at radius 2 is 2.31 bits per heavy atom. The Bertz CT molecular complexity index is 459. The molecule has 0 spiro atoms. The number of hydrogen-bond acceptors (Lipinski definition) is 5. The number of thioether (sulfide) groups is 1. The summed E-state index contributed by atoms with van der Waals surface area (Å²) in [6, 6.07) is 5.10. The van der Waals surface area contributed by atoms with Gasteiger partial charge in [0.1, 0.15) is 12.1 Å². The van der Waals surface area contributed by atoms with E-state index in [9.17, 15) is 4.39 Å². The Balaban J connectivity index is 2.04. The number of aromatic nitrogens is 2. The zero-order valence-corrected chi connectivity index (χ0v) is 10.0. The van der Waals surface area contributed by atoms with Gasteiger partial charge in [-0.05, 0) is 28.7 Å². The average molecular weight is 255 g/mol. The van der Waals surface area contributed by atoms with E-state index in [-0.39, 0.29) is 5.82 Å². The van der Waals surface area contributed by atoms with Crippen LogP contribution in [0.15, 0.2) is 28.9 Å². The van der Waals surface area contributed by atoms with E-state index in [2.05, 4.69) is 9.36 Å². The lowest BCUT2D eigenvalue weighted by Gasteiger charge is -2.03. The Labute approximate surface area is 101 Å². The summed E-state index contributed by atoms with van der Waals surface area (Å²) >= 11 is 2.80. The number of benzene rings is 1. The monoisotopic (exact) mass is 255 g/mol. The van der Waals surface area contributed by atoms with Crippen LogP contribution in [0.3, 0.4) is 0 Å². The second kappa shape index (κ2) is 5.38. The van der Waals surface area contributed by atoms with Crippen molar-refractivity contribution in [3.63, 3.8) is 0 Å². The van der Waals surface area contributed by atoms with Gasteiger partial charge >= 0.3 is 0 Å². The SMILES string of the molecule is NCc1ccc(CSc2ncns2)c(F)c1. The zero-order chi connectivity index (χ0) is 11.4. The third-order valence-electron chi connectivity index (χ3n) is 2.05. The highest BCUT2D eigenvalue weighted by Crippen LogP contribution is 2.24. The molecule has 1 heterocycles. The topological polar surface area (TPSA) is 51.8 Å². The Morgan fingerprint density at radius 3 is 2.94 bits per heavy atom. The number of rotatable bonds is 4. The van der Waals surface area contributed by atoms with Gasteiger partial charge in [0.05, 0.1) is 0 Å². The minimum atomic E-state index is -0.208. The smallest absolute Gasteiger partial charge is 0.170 e. The molecule has 0 amide bonds. The highest BCUT2D eigenvalue weighted by Gasteiger charge is 2.05. The summed E-state index contributed by atoms with van der Waals surface area (Å²) in [7, 11) is 0. The first-order chi connectivity index (χ1) is 7.79. The fourth-order valence-corrected chi connectivity index (χ4v) is 2.63. The van der Waals surface area contributed by atoms with Crippen molar-refractivity contribution in [2.75, 3.05) is 0 Å². The molecule has 6 heteroatoms. The molecule has 84 valence electrons. The quantitative estimate of drug-likeness (QED) is 0.852. The molecule has 0 saturated carbocycles. The summed E-state index contributed by atoms with van der Waals surface area (Å²) in [5.74, 6) is 0.353. The van der Waals surface area contributed by atoms with Crippen LogP contribution in [0, 0.1) is 5.82 Å². The molecule has 2 aromatic rings. The van der Waals surface area contributed by atoms with Crippen LogP contribution in [-0.4, -0.2) is 9.36 Å². The summed E-state index contributed by atoms with van der Waals surface area (Å²) < 4.78 is 18.3. The van der Waals surface area contributed by atoms with Gasteiger partial charge in [-0.25, -0.2) is 9.37 Å². The van der Waals surface area contributed by atoms with Gasteiger partial charge in [-0.2, -0.15) is 4.37 Å². The van der Waals surface area contributed by atoms with Crippen molar-refractivity contribution in [2.24, 2.45) is 5.73 Å². The lowest BCUT2D eigenvalue weighted by molar-refractivity contribution is 0.615. The van der Waals surface area contributed by atoms with Crippen molar-refractivity contribution in [1.82, 2.24) is 9.36 Å². The summed E-state index contributed by atoms with van der Waals surface area (Å²) in [5, 5.41) is 0. The van der Waals surface area contributed by atoms with Gasteiger partial charge in [-0.15, -0.1) is 0 Å². The van der Waals surface area contributed by atoms with Crippen LogP contribution in [-0.2, 0) is 12.3 Å². The maximum Gasteiger partial charge on any atom is 0.170 e. The standard InChI is InChI=1S/C10H10FN3S2/c11-9-3-7(4-12)1-2-8(9)5-15-10-13-6-14-16-10/h1-3,6H,4-5,12H2. The number of hydrogen-bond donors (Lipinski definition) is 1. The van der Waals surface area contributed by atoms with Crippen molar-refractivity contribution in [3.8, 4) is 0 Å². The van der Waals surface area contributed by atoms with Crippen LogP contribution in [0.5, 0.6) is 0 Å². The molecule has 0 fully saturated rings. The van der Waals surface area contributed by atoms with Crippen molar-refractivity contribution in [1.29, 1.82) is 0 Å². The second-order valence-corrected chi connectivity index (χ2v) is 5.13. The summed E-state index contributed by atoms with van der Waals surface area (Å²) in [4.78, 5) is 4.02. The molecule has 0 unspecified atom stereocenters.